The van der Waals surface area contributed by atoms with E-state index in [-0.39, 0.29) is 12.2 Å². The van der Waals surface area contributed by atoms with E-state index in [1.807, 2.05) is 73.7 Å². The molecule has 0 N–H and O–H groups in total. The Balaban J connectivity index is 1.57. The maximum Gasteiger partial charge on any atom is 0.338 e. The Kier molecular flexibility index (Phi) is 8.21. The smallest absolute Gasteiger partial charge is 0.338 e. The highest BCUT2D eigenvalue weighted by Crippen LogP contribution is 2.30. The Bertz CT molecular complexity index is 1820. The molecule has 5 rings (SSSR count). The van der Waals surface area contributed by atoms with Crippen LogP contribution >= 0.6 is 11.3 Å². The molecule has 0 spiro atoms. The quantitative estimate of drug-likeness (QED) is 0.280. The van der Waals surface area contributed by atoms with Crippen LogP contribution in [-0.2, 0) is 16.1 Å². The van der Waals surface area contributed by atoms with Gasteiger partial charge in [-0.1, -0.05) is 59.9 Å². The summed E-state index contributed by atoms with van der Waals surface area (Å²) in [6, 6.07) is 20.6. The first-order chi connectivity index (χ1) is 19.8. The van der Waals surface area contributed by atoms with Crippen LogP contribution in [0.2, 0.25) is 0 Å². The lowest BCUT2D eigenvalue weighted by atomic mass is 9.96. The summed E-state index contributed by atoms with van der Waals surface area (Å²) >= 11 is 1.30. The third-order valence-corrected chi connectivity index (χ3v) is 8.16. The molecular weight excluding hydrogens is 536 g/mol. The van der Waals surface area contributed by atoms with Crippen molar-refractivity contribution in [2.75, 3.05) is 13.7 Å². The highest BCUT2D eigenvalue weighted by Gasteiger charge is 2.33. The second-order valence-electron chi connectivity index (χ2n) is 9.77. The summed E-state index contributed by atoms with van der Waals surface area (Å²) < 4.78 is 19.2. The summed E-state index contributed by atoms with van der Waals surface area (Å²) in [4.78, 5) is 32.1. The second-order valence-corrected chi connectivity index (χ2v) is 10.8. The van der Waals surface area contributed by atoms with Crippen LogP contribution in [0.5, 0.6) is 11.5 Å². The number of hydrogen-bond acceptors (Lipinski definition) is 7. The number of aryl methyl sites for hydroxylation is 1. The van der Waals surface area contributed by atoms with Gasteiger partial charge >= 0.3 is 5.97 Å². The van der Waals surface area contributed by atoms with E-state index in [9.17, 15) is 9.59 Å². The Morgan fingerprint density at radius 3 is 2.54 bits per heavy atom. The van der Waals surface area contributed by atoms with Gasteiger partial charge in [-0.25, -0.2) is 9.79 Å². The molecule has 210 valence electrons. The van der Waals surface area contributed by atoms with Crippen molar-refractivity contribution >= 4 is 23.4 Å². The van der Waals surface area contributed by atoms with Crippen LogP contribution in [0.25, 0.3) is 6.08 Å². The van der Waals surface area contributed by atoms with Crippen molar-refractivity contribution in [2.24, 2.45) is 4.99 Å². The minimum atomic E-state index is -0.633. The average Bonchev–Trinajstić information content (AvgIpc) is 3.27. The Labute approximate surface area is 242 Å². The third-order valence-electron chi connectivity index (χ3n) is 7.17. The lowest BCUT2D eigenvalue weighted by molar-refractivity contribution is -0.139. The van der Waals surface area contributed by atoms with Gasteiger partial charge < -0.3 is 14.2 Å². The van der Waals surface area contributed by atoms with Gasteiger partial charge in [0.25, 0.3) is 5.56 Å². The first kappa shape index (κ1) is 28.1. The predicted octanol–water partition coefficient (Wildman–Crippen LogP) is 5.00. The standard InChI is InChI=1S/C33H32N2O5S/c1-6-39-32(37)29-22(4)34-33-35(30(29)24-12-8-7-9-13-24)31(36)28(41-33)18-23-15-16-27(38-5)25(17-23)19-40-26-14-10-11-20(2)21(26)3/h7-18,30H,6,19H2,1-5H3/b28-18+. The maximum absolute atomic E-state index is 13.9. The van der Waals surface area contributed by atoms with Crippen molar-refractivity contribution in [3.63, 3.8) is 0 Å². The Morgan fingerprint density at radius 2 is 1.80 bits per heavy atom. The van der Waals surface area contributed by atoms with Gasteiger partial charge in [0.2, 0.25) is 0 Å². The molecule has 0 bridgehead atoms. The minimum Gasteiger partial charge on any atom is -0.496 e. The second kappa shape index (κ2) is 12.0. The highest BCUT2D eigenvalue weighted by molar-refractivity contribution is 7.07. The number of carbonyl (C=O) groups excluding carboxylic acids is 1. The molecule has 0 amide bonds. The van der Waals surface area contributed by atoms with Crippen LogP contribution < -0.4 is 24.4 Å². The number of rotatable bonds is 8. The molecule has 1 aromatic heterocycles. The molecule has 4 aromatic rings. The molecule has 0 saturated heterocycles. The number of benzene rings is 3. The third kappa shape index (κ3) is 5.60. The van der Waals surface area contributed by atoms with Crippen LogP contribution in [0.3, 0.4) is 0 Å². The summed E-state index contributed by atoms with van der Waals surface area (Å²) in [6.45, 7) is 8.18. The molecule has 0 radical (unpaired) electrons. The number of fused-ring (bicyclic) bond motifs is 1. The van der Waals surface area contributed by atoms with Crippen molar-refractivity contribution in [1.82, 2.24) is 4.57 Å². The summed E-state index contributed by atoms with van der Waals surface area (Å²) in [6.07, 6.45) is 1.84. The van der Waals surface area contributed by atoms with Crippen molar-refractivity contribution in [2.45, 2.75) is 40.3 Å². The number of aromatic nitrogens is 1. The molecule has 3 aromatic carbocycles. The molecule has 1 aliphatic rings. The number of ether oxygens (including phenoxy) is 3. The van der Waals surface area contributed by atoms with Crippen molar-refractivity contribution in [3.8, 4) is 11.5 Å². The molecule has 41 heavy (non-hydrogen) atoms. The largest absolute Gasteiger partial charge is 0.496 e. The van der Waals surface area contributed by atoms with Crippen LogP contribution in [0.15, 0.2) is 87.8 Å². The fourth-order valence-corrected chi connectivity index (χ4v) is 5.98. The van der Waals surface area contributed by atoms with Crippen LogP contribution in [0, 0.1) is 13.8 Å². The molecule has 7 nitrogen and oxygen atoms in total. The van der Waals surface area contributed by atoms with Crippen LogP contribution in [-0.4, -0.2) is 24.3 Å². The topological polar surface area (TPSA) is 79.1 Å². The number of carbonyl (C=O) groups is 1. The van der Waals surface area contributed by atoms with E-state index in [0.717, 1.165) is 33.6 Å². The van der Waals surface area contributed by atoms with E-state index >= 15 is 0 Å². The van der Waals surface area contributed by atoms with Gasteiger partial charge in [0.1, 0.15) is 18.1 Å². The number of allylic oxidation sites excluding steroid dienone is 1. The maximum atomic E-state index is 13.9. The minimum absolute atomic E-state index is 0.221. The van der Waals surface area contributed by atoms with E-state index in [1.54, 1.807) is 25.5 Å². The number of methoxy groups -OCH3 is 1. The molecule has 0 saturated carbocycles. The summed E-state index contributed by atoms with van der Waals surface area (Å²) in [5.74, 6) is 1.05. The van der Waals surface area contributed by atoms with E-state index < -0.39 is 12.0 Å². The van der Waals surface area contributed by atoms with E-state index in [1.165, 1.54) is 11.3 Å². The van der Waals surface area contributed by atoms with E-state index in [4.69, 9.17) is 14.2 Å². The zero-order valence-electron chi connectivity index (χ0n) is 23.8. The number of nitrogens with zero attached hydrogens (tertiary/aromatic N) is 2. The van der Waals surface area contributed by atoms with Gasteiger partial charge in [-0.15, -0.1) is 0 Å². The Hall–Kier alpha value is -4.43. The molecule has 1 atom stereocenters. The predicted molar refractivity (Wildman–Crippen MR) is 160 cm³/mol. The molecular formula is C33H32N2O5S. The van der Waals surface area contributed by atoms with Crippen molar-refractivity contribution < 1.29 is 19.0 Å². The van der Waals surface area contributed by atoms with Gasteiger partial charge in [-0.2, -0.15) is 0 Å². The Morgan fingerprint density at radius 1 is 1.02 bits per heavy atom. The monoisotopic (exact) mass is 568 g/mol. The van der Waals surface area contributed by atoms with E-state index in [0.29, 0.717) is 33.0 Å². The lowest BCUT2D eigenvalue weighted by Gasteiger charge is -2.24. The first-order valence-electron chi connectivity index (χ1n) is 13.4. The molecule has 0 aliphatic carbocycles. The van der Waals surface area contributed by atoms with Crippen molar-refractivity contribution in [1.29, 1.82) is 0 Å². The highest BCUT2D eigenvalue weighted by atomic mass is 32.1. The molecule has 1 unspecified atom stereocenters. The van der Waals surface area contributed by atoms with Gasteiger partial charge in [0.05, 0.1) is 35.6 Å². The van der Waals surface area contributed by atoms with Crippen LogP contribution in [0.4, 0.5) is 0 Å². The molecule has 2 heterocycles. The molecule has 0 fully saturated rings. The average molecular weight is 569 g/mol. The fraction of sp³-hybridized carbons (Fsp3) is 0.242. The normalized spacial score (nSPS) is 14.9. The number of esters is 1. The molecule has 8 heteroatoms. The first-order valence-corrected chi connectivity index (χ1v) is 14.2. The summed E-state index contributed by atoms with van der Waals surface area (Å²) in [5.41, 5.74) is 5.44. The fourth-order valence-electron chi connectivity index (χ4n) is 4.93. The zero-order valence-corrected chi connectivity index (χ0v) is 24.6. The van der Waals surface area contributed by atoms with Crippen molar-refractivity contribution in [3.05, 3.63) is 126 Å². The number of hydrogen-bond donors (Lipinski definition) is 0. The SMILES string of the molecule is CCOC(=O)C1=C(C)N=c2s/c(=C/c3ccc(OC)c(COc4cccc(C)c4C)c3)c(=O)n2C1c1ccccc1. The van der Waals surface area contributed by atoms with Gasteiger partial charge in [-0.05, 0) is 74.2 Å². The van der Waals surface area contributed by atoms with Gasteiger partial charge in [-0.3, -0.25) is 9.36 Å². The van der Waals surface area contributed by atoms with Gasteiger partial charge in [0.15, 0.2) is 4.80 Å². The van der Waals surface area contributed by atoms with Gasteiger partial charge in [0, 0.05) is 5.56 Å². The zero-order chi connectivity index (χ0) is 29.1. The summed E-state index contributed by atoms with van der Waals surface area (Å²) in [5, 5.41) is 0. The summed E-state index contributed by atoms with van der Waals surface area (Å²) in [7, 11) is 1.63. The number of thiazole rings is 1. The molecule has 1 aliphatic heterocycles. The van der Waals surface area contributed by atoms with E-state index in [2.05, 4.69) is 18.0 Å². The lowest BCUT2D eigenvalue weighted by Crippen LogP contribution is -2.39. The van der Waals surface area contributed by atoms with Crippen LogP contribution in [0.1, 0.15) is 47.7 Å².